The Morgan fingerprint density at radius 3 is 2.52 bits per heavy atom. The molecule has 1 aromatic rings. The summed E-state index contributed by atoms with van der Waals surface area (Å²) in [5.74, 6) is 0.625. The van der Waals surface area contributed by atoms with Crippen molar-refractivity contribution in [1.82, 2.24) is 14.9 Å². The molecule has 0 unspecified atom stereocenters. The highest BCUT2D eigenvalue weighted by atomic mass is 32.2. The average molecular weight is 317 g/mol. The Morgan fingerprint density at radius 1 is 1.19 bits per heavy atom. The van der Waals surface area contributed by atoms with Crippen molar-refractivity contribution < 1.29 is 12.8 Å². The van der Waals surface area contributed by atoms with E-state index in [1.807, 2.05) is 6.92 Å². The van der Waals surface area contributed by atoms with Crippen LogP contribution in [0.3, 0.4) is 0 Å². The van der Waals surface area contributed by atoms with Gasteiger partial charge in [0.1, 0.15) is 5.76 Å². The third kappa shape index (κ3) is 6.17. The fraction of sp³-hybridized carbons (Fsp3) is 0.714. The van der Waals surface area contributed by atoms with Crippen LogP contribution in [0.15, 0.2) is 21.6 Å². The summed E-state index contributed by atoms with van der Waals surface area (Å²) >= 11 is 0. The summed E-state index contributed by atoms with van der Waals surface area (Å²) < 4.78 is 32.1. The first-order chi connectivity index (χ1) is 10.0. The quantitative estimate of drug-likeness (QED) is 0.604. The molecule has 0 fully saturated rings. The van der Waals surface area contributed by atoms with E-state index in [9.17, 15) is 8.42 Å². The zero-order valence-electron chi connectivity index (χ0n) is 13.2. The summed E-state index contributed by atoms with van der Waals surface area (Å²) in [4.78, 5) is 2.26. The maximum Gasteiger partial charge on any atom is 0.273 e. The first-order valence-corrected chi connectivity index (χ1v) is 9.03. The van der Waals surface area contributed by atoms with Gasteiger partial charge >= 0.3 is 0 Å². The second kappa shape index (κ2) is 9.19. The van der Waals surface area contributed by atoms with Gasteiger partial charge in [-0.15, -0.1) is 0 Å². The van der Waals surface area contributed by atoms with Gasteiger partial charge in [0.05, 0.1) is 6.54 Å². The van der Waals surface area contributed by atoms with Gasteiger partial charge in [0.2, 0.25) is 5.09 Å². The fourth-order valence-corrected chi connectivity index (χ4v) is 2.99. The minimum absolute atomic E-state index is 0.0155. The molecule has 1 rings (SSSR count). The molecule has 0 bridgehead atoms. The minimum Gasteiger partial charge on any atom is -0.447 e. The monoisotopic (exact) mass is 317 g/mol. The van der Waals surface area contributed by atoms with Crippen LogP contribution in [0.4, 0.5) is 0 Å². The zero-order valence-corrected chi connectivity index (χ0v) is 14.0. The molecule has 21 heavy (non-hydrogen) atoms. The molecule has 0 aliphatic carbocycles. The standard InChI is InChI=1S/C14H27N3O3S/c1-4-15-12-13-8-9-14(20-13)21(18,19)16-10-7-11-17(5-2)6-3/h8-9,15-16H,4-7,10-12H2,1-3H3. The molecule has 0 aromatic carbocycles. The summed E-state index contributed by atoms with van der Waals surface area (Å²) in [7, 11) is -3.54. The first kappa shape index (κ1) is 18.2. The van der Waals surface area contributed by atoms with E-state index in [4.69, 9.17) is 4.42 Å². The molecule has 0 spiro atoms. The van der Waals surface area contributed by atoms with E-state index < -0.39 is 10.0 Å². The molecule has 0 radical (unpaired) electrons. The van der Waals surface area contributed by atoms with Crippen molar-refractivity contribution in [1.29, 1.82) is 0 Å². The number of hydrogen-bond acceptors (Lipinski definition) is 5. The number of hydrogen-bond donors (Lipinski definition) is 2. The largest absolute Gasteiger partial charge is 0.447 e. The lowest BCUT2D eigenvalue weighted by molar-refractivity contribution is 0.300. The Kier molecular flexibility index (Phi) is 7.95. The van der Waals surface area contributed by atoms with Crippen molar-refractivity contribution in [3.8, 4) is 0 Å². The topological polar surface area (TPSA) is 74.6 Å². The maximum absolute atomic E-state index is 12.1. The van der Waals surface area contributed by atoms with Gasteiger partial charge < -0.3 is 14.6 Å². The van der Waals surface area contributed by atoms with E-state index in [0.29, 0.717) is 18.8 Å². The van der Waals surface area contributed by atoms with Gasteiger partial charge in [-0.25, -0.2) is 13.1 Å². The summed E-state index contributed by atoms with van der Waals surface area (Å²) in [5.41, 5.74) is 0. The molecule has 1 heterocycles. The van der Waals surface area contributed by atoms with E-state index >= 15 is 0 Å². The van der Waals surface area contributed by atoms with Crippen molar-refractivity contribution in [2.24, 2.45) is 0 Å². The number of nitrogens with one attached hydrogen (secondary N) is 2. The maximum atomic E-state index is 12.1. The molecule has 122 valence electrons. The van der Waals surface area contributed by atoms with E-state index in [1.165, 1.54) is 6.07 Å². The molecule has 7 heteroatoms. The van der Waals surface area contributed by atoms with Gasteiger partial charge in [-0.2, -0.15) is 0 Å². The van der Waals surface area contributed by atoms with Crippen LogP contribution in [0.5, 0.6) is 0 Å². The van der Waals surface area contributed by atoms with Gasteiger partial charge in [0.15, 0.2) is 0 Å². The van der Waals surface area contributed by atoms with Crippen molar-refractivity contribution in [2.45, 2.75) is 38.8 Å². The third-order valence-electron chi connectivity index (χ3n) is 3.29. The molecule has 6 nitrogen and oxygen atoms in total. The number of sulfonamides is 1. The van der Waals surface area contributed by atoms with Crippen molar-refractivity contribution in [2.75, 3.05) is 32.7 Å². The van der Waals surface area contributed by atoms with Crippen LogP contribution >= 0.6 is 0 Å². The second-order valence-electron chi connectivity index (χ2n) is 4.78. The van der Waals surface area contributed by atoms with Gasteiger partial charge in [-0.1, -0.05) is 20.8 Å². The van der Waals surface area contributed by atoms with Crippen LogP contribution in [-0.4, -0.2) is 46.0 Å². The normalized spacial score (nSPS) is 12.2. The Labute approximate surface area is 127 Å². The van der Waals surface area contributed by atoms with Crippen LogP contribution in [0, 0.1) is 0 Å². The van der Waals surface area contributed by atoms with Crippen molar-refractivity contribution in [3.63, 3.8) is 0 Å². The smallest absolute Gasteiger partial charge is 0.273 e. The average Bonchev–Trinajstić information content (AvgIpc) is 2.95. The highest BCUT2D eigenvalue weighted by molar-refractivity contribution is 7.89. The van der Waals surface area contributed by atoms with Crippen LogP contribution in [0.2, 0.25) is 0 Å². The fourth-order valence-electron chi connectivity index (χ4n) is 1.97. The van der Waals surface area contributed by atoms with Gasteiger partial charge in [0.25, 0.3) is 10.0 Å². The zero-order chi connectivity index (χ0) is 15.7. The second-order valence-corrected chi connectivity index (χ2v) is 6.48. The van der Waals surface area contributed by atoms with E-state index in [2.05, 4.69) is 28.8 Å². The molecule has 0 aliphatic heterocycles. The van der Waals surface area contributed by atoms with E-state index in [1.54, 1.807) is 6.07 Å². The molecular formula is C14H27N3O3S. The van der Waals surface area contributed by atoms with E-state index in [-0.39, 0.29) is 5.09 Å². The number of rotatable bonds is 11. The molecule has 1 aromatic heterocycles. The lowest BCUT2D eigenvalue weighted by Crippen LogP contribution is -2.29. The third-order valence-corrected chi connectivity index (χ3v) is 4.62. The summed E-state index contributed by atoms with van der Waals surface area (Å²) in [6.45, 7) is 10.8. The number of nitrogens with zero attached hydrogens (tertiary/aromatic N) is 1. The van der Waals surface area contributed by atoms with Gasteiger partial charge in [0, 0.05) is 6.54 Å². The molecule has 0 atom stereocenters. The summed E-state index contributed by atoms with van der Waals surface area (Å²) in [5, 5.41) is 3.08. The Balaban J connectivity index is 2.44. The Morgan fingerprint density at radius 2 is 1.90 bits per heavy atom. The Bertz CT molecular complexity index is 495. The Hall–Kier alpha value is -0.890. The lowest BCUT2D eigenvalue weighted by atomic mass is 10.4. The van der Waals surface area contributed by atoms with Crippen molar-refractivity contribution >= 4 is 10.0 Å². The number of furan rings is 1. The SMILES string of the molecule is CCNCc1ccc(S(=O)(=O)NCCCN(CC)CC)o1. The lowest BCUT2D eigenvalue weighted by Gasteiger charge is -2.17. The molecule has 0 saturated heterocycles. The van der Waals surface area contributed by atoms with Crippen LogP contribution in [0.1, 0.15) is 33.0 Å². The van der Waals surface area contributed by atoms with Crippen LogP contribution in [0.25, 0.3) is 0 Å². The van der Waals surface area contributed by atoms with E-state index in [0.717, 1.165) is 32.6 Å². The predicted octanol–water partition coefficient (Wildman–Crippen LogP) is 1.40. The molecular weight excluding hydrogens is 290 g/mol. The summed E-state index contributed by atoms with van der Waals surface area (Å²) in [6, 6.07) is 3.19. The highest BCUT2D eigenvalue weighted by Gasteiger charge is 2.18. The van der Waals surface area contributed by atoms with Gasteiger partial charge in [-0.05, 0) is 44.7 Å². The van der Waals surface area contributed by atoms with Crippen molar-refractivity contribution in [3.05, 3.63) is 17.9 Å². The summed E-state index contributed by atoms with van der Waals surface area (Å²) in [6.07, 6.45) is 0.784. The molecule has 0 saturated carbocycles. The molecule has 2 N–H and O–H groups in total. The predicted molar refractivity (Wildman–Crippen MR) is 83.7 cm³/mol. The van der Waals surface area contributed by atoms with Gasteiger partial charge in [-0.3, -0.25) is 0 Å². The first-order valence-electron chi connectivity index (χ1n) is 7.54. The molecule has 0 amide bonds. The minimum atomic E-state index is -3.54. The van der Waals surface area contributed by atoms with Crippen LogP contribution in [-0.2, 0) is 16.6 Å². The highest BCUT2D eigenvalue weighted by Crippen LogP contribution is 2.13. The van der Waals surface area contributed by atoms with Crippen LogP contribution < -0.4 is 10.0 Å². The molecule has 0 aliphatic rings.